The van der Waals surface area contributed by atoms with Crippen LogP contribution in [0.2, 0.25) is 0 Å². The van der Waals surface area contributed by atoms with Crippen LogP contribution < -0.4 is 5.32 Å². The van der Waals surface area contributed by atoms with Crippen molar-refractivity contribution < 1.29 is 0 Å². The Labute approximate surface area is 105 Å². The Morgan fingerprint density at radius 1 is 1.35 bits per heavy atom. The maximum absolute atomic E-state index is 4.39. The molecule has 4 heteroatoms. The Morgan fingerprint density at radius 2 is 2.18 bits per heavy atom. The van der Waals surface area contributed by atoms with Crippen molar-refractivity contribution in [3.8, 4) is 0 Å². The van der Waals surface area contributed by atoms with E-state index in [0.29, 0.717) is 6.04 Å². The molecular formula is C13H15N3S. The average Bonchev–Trinajstić information content (AvgIpc) is 3.11. The number of rotatable bonds is 4. The van der Waals surface area contributed by atoms with Gasteiger partial charge in [-0.05, 0) is 31.2 Å². The molecule has 1 aliphatic rings. The predicted molar refractivity (Wildman–Crippen MR) is 72.0 cm³/mol. The third-order valence-electron chi connectivity index (χ3n) is 2.96. The summed E-state index contributed by atoms with van der Waals surface area (Å²) >= 11 is 1.75. The third-order valence-corrected chi connectivity index (χ3v) is 3.76. The zero-order chi connectivity index (χ0) is 11.7. The molecule has 1 N–H and O–H groups in total. The molecule has 1 aromatic heterocycles. The maximum Gasteiger partial charge on any atom is 0.207 e. The molecule has 2 aromatic rings. The van der Waals surface area contributed by atoms with Gasteiger partial charge >= 0.3 is 0 Å². The Balaban J connectivity index is 1.88. The van der Waals surface area contributed by atoms with Crippen LogP contribution in [0.1, 0.15) is 18.9 Å². The van der Waals surface area contributed by atoms with E-state index in [2.05, 4.69) is 45.5 Å². The molecule has 0 bridgehead atoms. The molecule has 0 aliphatic heterocycles. The van der Waals surface area contributed by atoms with Gasteiger partial charge in [0.15, 0.2) is 0 Å². The molecule has 1 saturated carbocycles. The first-order valence-corrected chi connectivity index (χ1v) is 7.04. The topological polar surface area (TPSA) is 29.9 Å². The number of nitrogens with one attached hydrogen (secondary N) is 1. The van der Waals surface area contributed by atoms with Gasteiger partial charge < -0.3 is 9.88 Å². The number of anilines is 2. The zero-order valence-electron chi connectivity index (χ0n) is 9.76. The quantitative estimate of drug-likeness (QED) is 0.833. The molecule has 3 rings (SSSR count). The fraction of sp³-hybridized carbons (Fsp3) is 0.308. The second-order valence-electron chi connectivity index (χ2n) is 4.21. The average molecular weight is 245 g/mol. The first-order valence-electron chi connectivity index (χ1n) is 5.81. The van der Waals surface area contributed by atoms with Crippen LogP contribution in [0.5, 0.6) is 0 Å². The molecule has 1 aliphatic carbocycles. The van der Waals surface area contributed by atoms with Crippen molar-refractivity contribution in [3.63, 3.8) is 0 Å². The summed E-state index contributed by atoms with van der Waals surface area (Å²) in [6, 6.07) is 8.98. The van der Waals surface area contributed by atoms with E-state index in [4.69, 9.17) is 0 Å². The van der Waals surface area contributed by atoms with E-state index in [1.54, 1.807) is 11.8 Å². The van der Waals surface area contributed by atoms with Crippen molar-refractivity contribution in [2.75, 3.05) is 11.6 Å². The van der Waals surface area contributed by atoms with Crippen molar-refractivity contribution >= 4 is 23.4 Å². The minimum absolute atomic E-state index is 0.654. The highest BCUT2D eigenvalue weighted by molar-refractivity contribution is 7.98. The summed E-state index contributed by atoms with van der Waals surface area (Å²) < 4.78 is 2.23. The molecule has 0 atom stereocenters. The van der Waals surface area contributed by atoms with Gasteiger partial charge in [0, 0.05) is 23.3 Å². The molecule has 1 aromatic carbocycles. The van der Waals surface area contributed by atoms with Crippen molar-refractivity contribution in [3.05, 3.63) is 36.7 Å². The second-order valence-corrected chi connectivity index (χ2v) is 5.06. The highest BCUT2D eigenvalue weighted by Gasteiger charge is 2.25. The highest BCUT2D eigenvalue weighted by atomic mass is 32.2. The van der Waals surface area contributed by atoms with Gasteiger partial charge in [-0.25, -0.2) is 4.98 Å². The lowest BCUT2D eigenvalue weighted by Crippen LogP contribution is -2.01. The third kappa shape index (κ3) is 2.17. The number of para-hydroxylation sites is 1. The van der Waals surface area contributed by atoms with Crippen molar-refractivity contribution in [1.29, 1.82) is 0 Å². The molecule has 88 valence electrons. The van der Waals surface area contributed by atoms with E-state index in [0.717, 1.165) is 11.6 Å². The fourth-order valence-corrected chi connectivity index (χ4v) is 2.48. The Kier molecular flexibility index (Phi) is 2.81. The van der Waals surface area contributed by atoms with Crippen LogP contribution in [0.4, 0.5) is 11.6 Å². The zero-order valence-corrected chi connectivity index (χ0v) is 10.6. The van der Waals surface area contributed by atoms with Crippen LogP contribution in [0.25, 0.3) is 0 Å². The number of hydrogen-bond donors (Lipinski definition) is 1. The SMILES string of the molecule is CSc1ccccc1Nc1nccn1C1CC1. The lowest BCUT2D eigenvalue weighted by molar-refractivity contribution is 0.750. The molecule has 17 heavy (non-hydrogen) atoms. The lowest BCUT2D eigenvalue weighted by Gasteiger charge is -2.11. The minimum Gasteiger partial charge on any atom is -0.325 e. The summed E-state index contributed by atoms with van der Waals surface area (Å²) in [4.78, 5) is 5.64. The van der Waals surface area contributed by atoms with Gasteiger partial charge in [0.25, 0.3) is 0 Å². The molecule has 3 nitrogen and oxygen atoms in total. The fourth-order valence-electron chi connectivity index (χ4n) is 1.93. The van der Waals surface area contributed by atoms with E-state index in [1.165, 1.54) is 17.7 Å². The normalized spacial score (nSPS) is 14.9. The monoisotopic (exact) mass is 245 g/mol. The number of thioether (sulfide) groups is 1. The number of imidazole rings is 1. The predicted octanol–water partition coefficient (Wildman–Crippen LogP) is 3.68. The number of hydrogen-bond acceptors (Lipinski definition) is 3. The first kappa shape index (κ1) is 10.7. The molecule has 0 amide bonds. The van der Waals surface area contributed by atoms with Crippen LogP contribution in [-0.2, 0) is 0 Å². The van der Waals surface area contributed by atoms with E-state index in [1.807, 2.05) is 12.3 Å². The van der Waals surface area contributed by atoms with Crippen LogP contribution in [-0.4, -0.2) is 15.8 Å². The van der Waals surface area contributed by atoms with Crippen LogP contribution in [0.15, 0.2) is 41.6 Å². The first-order chi connectivity index (χ1) is 8.38. The van der Waals surface area contributed by atoms with Crippen molar-refractivity contribution in [1.82, 2.24) is 9.55 Å². The Bertz CT molecular complexity index is 517. The standard InChI is InChI=1S/C13H15N3S/c1-17-12-5-3-2-4-11(12)15-13-14-8-9-16(13)10-6-7-10/h2-5,8-10H,6-7H2,1H3,(H,14,15). The molecule has 1 fully saturated rings. The molecular weight excluding hydrogens is 230 g/mol. The minimum atomic E-state index is 0.654. The lowest BCUT2D eigenvalue weighted by atomic mass is 10.3. The summed E-state index contributed by atoms with van der Waals surface area (Å²) in [5, 5.41) is 3.42. The van der Waals surface area contributed by atoms with Crippen molar-refractivity contribution in [2.45, 2.75) is 23.8 Å². The van der Waals surface area contributed by atoms with Gasteiger partial charge in [-0.3, -0.25) is 0 Å². The molecule has 1 heterocycles. The second kappa shape index (κ2) is 4.45. The van der Waals surface area contributed by atoms with Crippen molar-refractivity contribution in [2.24, 2.45) is 0 Å². The summed E-state index contributed by atoms with van der Waals surface area (Å²) in [6.07, 6.45) is 8.56. The van der Waals surface area contributed by atoms with E-state index in [-0.39, 0.29) is 0 Å². The molecule has 0 unspecified atom stereocenters. The summed E-state index contributed by atoms with van der Waals surface area (Å²) in [6.45, 7) is 0. The van der Waals surface area contributed by atoms with Crippen LogP contribution in [0.3, 0.4) is 0 Å². The number of benzene rings is 1. The molecule has 0 spiro atoms. The van der Waals surface area contributed by atoms with E-state index in [9.17, 15) is 0 Å². The smallest absolute Gasteiger partial charge is 0.207 e. The largest absolute Gasteiger partial charge is 0.325 e. The maximum atomic E-state index is 4.39. The van der Waals surface area contributed by atoms with Gasteiger partial charge in [-0.1, -0.05) is 12.1 Å². The van der Waals surface area contributed by atoms with Gasteiger partial charge in [-0.15, -0.1) is 11.8 Å². The molecule has 0 saturated heterocycles. The summed E-state index contributed by atoms with van der Waals surface area (Å²) in [7, 11) is 0. The van der Waals surface area contributed by atoms with Gasteiger partial charge in [0.2, 0.25) is 5.95 Å². The Morgan fingerprint density at radius 3 is 2.94 bits per heavy atom. The Hall–Kier alpha value is -1.42. The van der Waals surface area contributed by atoms with Gasteiger partial charge in [-0.2, -0.15) is 0 Å². The van der Waals surface area contributed by atoms with Gasteiger partial charge in [0.1, 0.15) is 0 Å². The van der Waals surface area contributed by atoms with Gasteiger partial charge in [0.05, 0.1) is 5.69 Å². The van der Waals surface area contributed by atoms with Crippen LogP contribution in [0, 0.1) is 0 Å². The summed E-state index contributed by atoms with van der Waals surface area (Å²) in [5.74, 6) is 0.953. The van der Waals surface area contributed by atoms with E-state index >= 15 is 0 Å². The van der Waals surface area contributed by atoms with E-state index < -0.39 is 0 Å². The number of nitrogens with zero attached hydrogens (tertiary/aromatic N) is 2. The highest BCUT2D eigenvalue weighted by Crippen LogP contribution is 2.38. The van der Waals surface area contributed by atoms with Crippen LogP contribution >= 0.6 is 11.8 Å². The number of aromatic nitrogens is 2. The summed E-state index contributed by atoms with van der Waals surface area (Å²) in [5.41, 5.74) is 1.13. The molecule has 0 radical (unpaired) electrons.